The molecule has 8 aliphatic rings. The number of nitrogens with one attached hydrogen (secondary N) is 1. The maximum atomic E-state index is 13.8. The first kappa shape index (κ1) is 25.8. The topological polar surface area (TPSA) is 118 Å². The van der Waals surface area contributed by atoms with Gasteiger partial charge in [0.25, 0.3) is 5.56 Å². The van der Waals surface area contributed by atoms with Crippen LogP contribution in [0.25, 0.3) is 0 Å². The van der Waals surface area contributed by atoms with Crippen LogP contribution in [-0.4, -0.2) is 78.0 Å². The predicted molar refractivity (Wildman–Crippen MR) is 145 cm³/mol. The third kappa shape index (κ3) is 2.85. The number of rotatable bonds is 7. The average Bonchev–Trinajstić information content (AvgIpc) is 3.49. The summed E-state index contributed by atoms with van der Waals surface area (Å²) in [4.78, 5) is 36.0. The van der Waals surface area contributed by atoms with Gasteiger partial charge in [0.2, 0.25) is 5.91 Å². The second kappa shape index (κ2) is 8.28. The van der Waals surface area contributed by atoms with Crippen LogP contribution < -0.4 is 15.4 Å². The van der Waals surface area contributed by atoms with Crippen LogP contribution in [0.15, 0.2) is 29.3 Å². The van der Waals surface area contributed by atoms with Gasteiger partial charge in [-0.2, -0.15) is 23.5 Å². The van der Waals surface area contributed by atoms with Gasteiger partial charge >= 0.3 is 6.18 Å². The second-order valence-electron chi connectivity index (χ2n) is 13.5. The molecule has 0 radical (unpaired) electrons. The number of aromatic amines is 1. The molecule has 6 saturated carbocycles. The molecular weight excluding hydrogens is 563 g/mol. The van der Waals surface area contributed by atoms with Crippen molar-refractivity contribution in [2.75, 3.05) is 55.7 Å². The molecule has 1 atom stereocenters. The molecule has 10 nitrogen and oxygen atoms in total. The third-order valence-corrected chi connectivity index (χ3v) is 12.4. The highest BCUT2D eigenvalue weighted by Gasteiger charge is 3.11. The number of hydrogen-bond acceptors (Lipinski definition) is 8. The molecule has 8 fully saturated rings. The van der Waals surface area contributed by atoms with Crippen molar-refractivity contribution in [3.8, 4) is 6.07 Å². The van der Waals surface area contributed by atoms with E-state index in [0.29, 0.717) is 86.2 Å². The summed E-state index contributed by atoms with van der Waals surface area (Å²) < 4.78 is 47.3. The van der Waals surface area contributed by atoms with E-state index >= 15 is 0 Å². The van der Waals surface area contributed by atoms with Crippen LogP contribution in [0, 0.1) is 57.7 Å². The van der Waals surface area contributed by atoms with Gasteiger partial charge in [-0.05, 0) is 60.5 Å². The van der Waals surface area contributed by atoms with Crippen molar-refractivity contribution in [2.45, 2.75) is 25.1 Å². The standard InChI is InChI=1S/C30H30F3N7O3/c31-30(32,33)19-17(12-36-37-26(19)41)40-5-1-2-16(40)13-43-14-28-20-23-21(28)25-22(28)24(20)29(23,25)27(42)39-8-6-38(7-9-39)18-4-3-15(10-34)11-35-18/h3-4,11-12,16,20-25H,1-2,5-9,13-14H2,(H,37,41). The molecule has 0 bridgehead atoms. The number of hydrogen-bond donors (Lipinski definition) is 1. The van der Waals surface area contributed by atoms with E-state index in [1.807, 2.05) is 11.2 Å². The van der Waals surface area contributed by atoms with Crippen LogP contribution in [0.5, 0.6) is 0 Å². The molecule has 2 saturated heterocycles. The Balaban J connectivity index is 0.809. The van der Waals surface area contributed by atoms with Crippen LogP contribution in [0.1, 0.15) is 24.0 Å². The molecule has 2 aromatic heterocycles. The molecule has 0 aromatic carbocycles. The molecule has 1 amide bonds. The Bertz CT molecular complexity index is 1570. The SMILES string of the molecule is N#Cc1ccc(N2CCN(C(=O)C34C5C6C3C3C4C5C63COCC3CCCN3c3cn[nH]c(=O)c3C(F)(F)F)CC2)nc1. The van der Waals surface area contributed by atoms with Crippen molar-refractivity contribution < 1.29 is 22.7 Å². The first-order chi connectivity index (χ1) is 20.7. The average molecular weight is 594 g/mol. The Morgan fingerprint density at radius 3 is 2.42 bits per heavy atom. The summed E-state index contributed by atoms with van der Waals surface area (Å²) in [5.41, 5.74) is -2.03. The monoisotopic (exact) mass is 593 g/mol. The van der Waals surface area contributed by atoms with Gasteiger partial charge in [-0.3, -0.25) is 9.59 Å². The number of pyridine rings is 1. The lowest BCUT2D eigenvalue weighted by molar-refractivity contribution is -0.645. The molecule has 1 unspecified atom stereocenters. The van der Waals surface area contributed by atoms with Crippen molar-refractivity contribution in [1.82, 2.24) is 20.1 Å². The highest BCUT2D eigenvalue weighted by Crippen LogP contribution is 3.10. The highest BCUT2D eigenvalue weighted by molar-refractivity contribution is 5.92. The van der Waals surface area contributed by atoms with Crippen LogP contribution in [0.2, 0.25) is 0 Å². The Kier molecular flexibility index (Phi) is 4.97. The smallest absolute Gasteiger partial charge is 0.379 e. The van der Waals surface area contributed by atoms with Gasteiger partial charge in [-0.1, -0.05) is 0 Å². The lowest BCUT2D eigenvalue weighted by Gasteiger charge is -3.10. The van der Waals surface area contributed by atoms with Crippen LogP contribution in [0.4, 0.5) is 24.7 Å². The molecule has 43 heavy (non-hydrogen) atoms. The van der Waals surface area contributed by atoms with Crippen molar-refractivity contribution in [1.29, 1.82) is 5.26 Å². The van der Waals surface area contributed by atoms with E-state index < -0.39 is 17.3 Å². The number of carbonyl (C=O) groups excluding carboxylic acids is 1. The lowest BCUT2D eigenvalue weighted by atomic mass is 8.92. The molecule has 2 aliphatic heterocycles. The number of nitriles is 1. The zero-order valence-electron chi connectivity index (χ0n) is 23.3. The van der Waals surface area contributed by atoms with Crippen molar-refractivity contribution in [3.05, 3.63) is 46.0 Å². The van der Waals surface area contributed by atoms with Gasteiger partial charge in [0.1, 0.15) is 17.5 Å². The Morgan fingerprint density at radius 1 is 1.07 bits per heavy atom. The number of carbonyl (C=O) groups is 1. The number of halogens is 3. The lowest BCUT2D eigenvalue weighted by Crippen LogP contribution is -3.11. The molecule has 4 heterocycles. The number of anilines is 2. The molecule has 6 aliphatic carbocycles. The summed E-state index contributed by atoms with van der Waals surface area (Å²) in [5.74, 6) is 4.24. The molecular formula is C30H30F3N7O3. The fourth-order valence-corrected chi connectivity index (χ4v) is 11.1. The fourth-order valence-electron chi connectivity index (χ4n) is 11.1. The van der Waals surface area contributed by atoms with Gasteiger partial charge in [0.05, 0.1) is 42.1 Å². The van der Waals surface area contributed by atoms with Gasteiger partial charge in [0.15, 0.2) is 0 Å². The van der Waals surface area contributed by atoms with Crippen LogP contribution in [0.3, 0.4) is 0 Å². The molecule has 10 rings (SSSR count). The Hall–Kier alpha value is -3.66. The summed E-state index contributed by atoms with van der Waals surface area (Å²) in [6.45, 7) is 4.17. The van der Waals surface area contributed by atoms with E-state index in [4.69, 9.17) is 10.00 Å². The molecule has 0 spiro atoms. The maximum absolute atomic E-state index is 13.8. The number of piperazine rings is 1. The van der Waals surface area contributed by atoms with Gasteiger partial charge in [-0.15, -0.1) is 0 Å². The number of amides is 1. The maximum Gasteiger partial charge on any atom is 0.423 e. The van der Waals surface area contributed by atoms with Crippen molar-refractivity contribution in [2.24, 2.45) is 46.3 Å². The summed E-state index contributed by atoms with van der Waals surface area (Å²) in [5, 5.41) is 14.6. The minimum absolute atomic E-state index is 0.139. The predicted octanol–water partition coefficient (Wildman–Crippen LogP) is 2.13. The van der Waals surface area contributed by atoms with E-state index in [2.05, 4.69) is 26.0 Å². The molecule has 1 N–H and O–H groups in total. The Morgan fingerprint density at radius 2 is 1.79 bits per heavy atom. The first-order valence-electron chi connectivity index (χ1n) is 15.1. The largest absolute Gasteiger partial charge is 0.423 e. The normalized spacial score (nSPS) is 39.1. The number of H-pyrrole nitrogens is 1. The minimum Gasteiger partial charge on any atom is -0.379 e. The van der Waals surface area contributed by atoms with Crippen LogP contribution >= 0.6 is 0 Å². The number of aromatic nitrogens is 3. The summed E-state index contributed by atoms with van der Waals surface area (Å²) >= 11 is 0. The number of ether oxygens (including phenoxy) is 1. The van der Waals surface area contributed by atoms with Gasteiger partial charge < -0.3 is 19.4 Å². The second-order valence-corrected chi connectivity index (χ2v) is 13.5. The van der Waals surface area contributed by atoms with E-state index in [9.17, 15) is 22.8 Å². The third-order valence-electron chi connectivity index (χ3n) is 12.4. The number of alkyl halides is 3. The zero-order chi connectivity index (χ0) is 29.5. The molecule has 2 aromatic rings. The van der Waals surface area contributed by atoms with Gasteiger partial charge in [0, 0.05) is 44.3 Å². The summed E-state index contributed by atoms with van der Waals surface area (Å²) in [7, 11) is 0. The van der Waals surface area contributed by atoms with Crippen LogP contribution in [-0.2, 0) is 15.7 Å². The Labute approximate surface area is 244 Å². The van der Waals surface area contributed by atoms with E-state index in [1.54, 1.807) is 17.2 Å². The highest BCUT2D eigenvalue weighted by atomic mass is 19.4. The van der Waals surface area contributed by atoms with Crippen molar-refractivity contribution in [3.63, 3.8) is 0 Å². The van der Waals surface area contributed by atoms with Gasteiger partial charge in [-0.25, -0.2) is 10.1 Å². The fraction of sp³-hybridized carbons (Fsp3) is 0.633. The molecule has 13 heteroatoms. The van der Waals surface area contributed by atoms with Crippen molar-refractivity contribution >= 4 is 17.4 Å². The zero-order valence-corrected chi connectivity index (χ0v) is 23.3. The first-order valence-corrected chi connectivity index (χ1v) is 15.1. The van der Waals surface area contributed by atoms with E-state index in [0.717, 1.165) is 31.5 Å². The number of nitrogens with zero attached hydrogens (tertiary/aromatic N) is 6. The quantitative estimate of drug-likeness (QED) is 0.519. The summed E-state index contributed by atoms with van der Waals surface area (Å²) in [6.07, 6.45) is -0.657. The summed E-state index contributed by atoms with van der Waals surface area (Å²) in [6, 6.07) is 5.48. The minimum atomic E-state index is -4.77. The van der Waals surface area contributed by atoms with E-state index in [1.165, 1.54) is 0 Å². The van der Waals surface area contributed by atoms with E-state index in [-0.39, 0.29) is 22.6 Å². The molecule has 224 valence electrons.